The standard InChI is InChI=1S/C28H39N3O6S/c1-38(35,36)30-26-17-25(10-11-27(26)33)37-19-24(32)18-29-23-9-8-21-7-5-20(15-22(21)16-23)6-12-28(34)31-13-3-2-4-14-31/h5,7,10-11,15,17,23-24,29-30,32-33H,2-4,6,8-9,12-14,16,18-19H2,1H3. The number of sulfonamides is 1. The number of aliphatic hydroxyl groups excluding tert-OH is 1. The molecule has 9 nitrogen and oxygen atoms in total. The van der Waals surface area contributed by atoms with Gasteiger partial charge in [-0.1, -0.05) is 18.2 Å². The Morgan fingerprint density at radius 3 is 2.68 bits per heavy atom. The fourth-order valence-corrected chi connectivity index (χ4v) is 5.70. The number of aromatic hydroxyl groups is 1. The molecule has 4 rings (SSSR count). The van der Waals surface area contributed by atoms with Crippen molar-refractivity contribution in [3.63, 3.8) is 0 Å². The van der Waals surface area contributed by atoms with Gasteiger partial charge in [-0.05, 0) is 73.8 Å². The van der Waals surface area contributed by atoms with Gasteiger partial charge in [-0.2, -0.15) is 0 Å². The number of benzene rings is 2. The lowest BCUT2D eigenvalue weighted by atomic mass is 9.86. The molecular weight excluding hydrogens is 506 g/mol. The number of ether oxygens (including phenoxy) is 1. The second kappa shape index (κ2) is 12.8. The van der Waals surface area contributed by atoms with Crippen molar-refractivity contribution in [1.29, 1.82) is 0 Å². The molecule has 2 aromatic carbocycles. The molecule has 2 aliphatic rings. The number of hydrogen-bond donors (Lipinski definition) is 4. The highest BCUT2D eigenvalue weighted by atomic mass is 32.2. The summed E-state index contributed by atoms with van der Waals surface area (Å²) in [7, 11) is -3.55. The minimum atomic E-state index is -3.55. The van der Waals surface area contributed by atoms with E-state index in [2.05, 4.69) is 28.2 Å². The van der Waals surface area contributed by atoms with Gasteiger partial charge < -0.3 is 25.2 Å². The lowest BCUT2D eigenvalue weighted by Gasteiger charge is -2.28. The molecule has 0 spiro atoms. The molecule has 0 radical (unpaired) electrons. The number of likely N-dealkylation sites (tertiary alicyclic amines) is 1. The zero-order valence-electron chi connectivity index (χ0n) is 22.0. The number of hydrogen-bond acceptors (Lipinski definition) is 7. The summed E-state index contributed by atoms with van der Waals surface area (Å²) in [6, 6.07) is 11.0. The van der Waals surface area contributed by atoms with Crippen LogP contribution in [0.15, 0.2) is 36.4 Å². The number of piperidine rings is 1. The molecule has 4 N–H and O–H groups in total. The maximum Gasteiger partial charge on any atom is 0.229 e. The van der Waals surface area contributed by atoms with Crippen molar-refractivity contribution in [1.82, 2.24) is 10.2 Å². The number of phenolic OH excluding ortho intramolecular Hbond substituents is 1. The van der Waals surface area contributed by atoms with Crippen molar-refractivity contribution in [3.05, 3.63) is 53.1 Å². The molecule has 1 saturated heterocycles. The highest BCUT2D eigenvalue weighted by Crippen LogP contribution is 2.29. The number of amides is 1. The van der Waals surface area contributed by atoms with Crippen LogP contribution in [0.2, 0.25) is 0 Å². The summed E-state index contributed by atoms with van der Waals surface area (Å²) in [5.41, 5.74) is 3.87. The highest BCUT2D eigenvalue weighted by Gasteiger charge is 2.21. The fourth-order valence-electron chi connectivity index (χ4n) is 5.13. The van der Waals surface area contributed by atoms with E-state index in [1.165, 1.54) is 41.3 Å². The molecule has 38 heavy (non-hydrogen) atoms. The third-order valence-electron chi connectivity index (χ3n) is 7.18. The second-order valence-electron chi connectivity index (χ2n) is 10.4. The molecule has 1 aliphatic heterocycles. The molecule has 10 heteroatoms. The molecular formula is C28H39N3O6S. The van der Waals surface area contributed by atoms with Crippen LogP contribution in [0.25, 0.3) is 0 Å². The Labute approximate surface area is 225 Å². The summed E-state index contributed by atoms with van der Waals surface area (Å²) >= 11 is 0. The van der Waals surface area contributed by atoms with Crippen LogP contribution < -0.4 is 14.8 Å². The van der Waals surface area contributed by atoms with E-state index in [0.717, 1.165) is 57.9 Å². The van der Waals surface area contributed by atoms with Crippen molar-refractivity contribution in [2.75, 3.05) is 37.2 Å². The van der Waals surface area contributed by atoms with Crippen molar-refractivity contribution in [3.8, 4) is 11.5 Å². The number of carbonyl (C=O) groups excluding carboxylic acids is 1. The molecule has 1 fully saturated rings. The van der Waals surface area contributed by atoms with E-state index in [1.807, 2.05) is 4.90 Å². The Morgan fingerprint density at radius 1 is 1.13 bits per heavy atom. The fraction of sp³-hybridized carbons (Fsp3) is 0.536. The Balaban J connectivity index is 1.23. The number of carbonyl (C=O) groups is 1. The maximum absolute atomic E-state index is 12.5. The van der Waals surface area contributed by atoms with E-state index in [-0.39, 0.29) is 30.0 Å². The van der Waals surface area contributed by atoms with Gasteiger partial charge in [0.1, 0.15) is 24.2 Å². The summed E-state index contributed by atoms with van der Waals surface area (Å²) in [5.74, 6) is 0.388. The van der Waals surface area contributed by atoms with Crippen LogP contribution in [0.3, 0.4) is 0 Å². The predicted octanol–water partition coefficient (Wildman–Crippen LogP) is 2.60. The zero-order valence-corrected chi connectivity index (χ0v) is 22.8. The lowest BCUT2D eigenvalue weighted by molar-refractivity contribution is -0.132. The predicted molar refractivity (Wildman–Crippen MR) is 147 cm³/mol. The molecule has 1 heterocycles. The molecule has 0 saturated carbocycles. The van der Waals surface area contributed by atoms with Gasteiger partial charge in [0.05, 0.1) is 11.9 Å². The number of aliphatic hydroxyl groups is 1. The third-order valence-corrected chi connectivity index (χ3v) is 7.77. The number of nitrogens with zero attached hydrogens (tertiary/aromatic N) is 1. The number of aryl methyl sites for hydroxylation is 2. The SMILES string of the molecule is CS(=O)(=O)Nc1cc(OCC(O)CNC2CCc3ccc(CCC(=O)N4CCCCC4)cc3C2)ccc1O. The van der Waals surface area contributed by atoms with Crippen LogP contribution in [-0.2, 0) is 34.1 Å². The van der Waals surface area contributed by atoms with Crippen molar-refractivity contribution in [2.45, 2.75) is 63.5 Å². The molecule has 2 unspecified atom stereocenters. The van der Waals surface area contributed by atoms with Crippen molar-refractivity contribution >= 4 is 21.6 Å². The van der Waals surface area contributed by atoms with Gasteiger partial charge in [0.25, 0.3) is 0 Å². The first-order valence-corrected chi connectivity index (χ1v) is 15.3. The highest BCUT2D eigenvalue weighted by molar-refractivity contribution is 7.92. The minimum absolute atomic E-state index is 0.0220. The van der Waals surface area contributed by atoms with Gasteiger partial charge in [-0.25, -0.2) is 8.42 Å². The second-order valence-corrected chi connectivity index (χ2v) is 12.2. The van der Waals surface area contributed by atoms with E-state index in [9.17, 15) is 23.4 Å². The average molecular weight is 546 g/mol. The maximum atomic E-state index is 12.5. The van der Waals surface area contributed by atoms with E-state index >= 15 is 0 Å². The van der Waals surface area contributed by atoms with Crippen LogP contribution in [0.1, 0.15) is 48.8 Å². The Bertz CT molecular complexity index is 1210. The van der Waals surface area contributed by atoms with Gasteiger partial charge in [0.15, 0.2) is 0 Å². The van der Waals surface area contributed by atoms with Gasteiger partial charge in [0.2, 0.25) is 15.9 Å². The molecule has 2 atom stereocenters. The van der Waals surface area contributed by atoms with Crippen LogP contribution in [0.5, 0.6) is 11.5 Å². The number of anilines is 1. The van der Waals surface area contributed by atoms with E-state index in [0.29, 0.717) is 18.7 Å². The molecule has 0 aromatic heterocycles. The van der Waals surface area contributed by atoms with Gasteiger partial charge in [-0.3, -0.25) is 9.52 Å². The van der Waals surface area contributed by atoms with Gasteiger partial charge >= 0.3 is 0 Å². The minimum Gasteiger partial charge on any atom is -0.506 e. The zero-order chi connectivity index (χ0) is 27.1. The van der Waals surface area contributed by atoms with Gasteiger partial charge in [0, 0.05) is 38.2 Å². The van der Waals surface area contributed by atoms with Crippen LogP contribution in [-0.4, -0.2) is 74.1 Å². The van der Waals surface area contributed by atoms with Crippen LogP contribution in [0.4, 0.5) is 5.69 Å². The first-order chi connectivity index (χ1) is 18.2. The summed E-state index contributed by atoms with van der Waals surface area (Å²) in [5, 5.41) is 23.7. The Kier molecular flexibility index (Phi) is 9.51. The third kappa shape index (κ3) is 8.34. The van der Waals surface area contributed by atoms with Crippen molar-refractivity contribution < 1.29 is 28.2 Å². The van der Waals surface area contributed by atoms with E-state index in [1.54, 1.807) is 0 Å². The van der Waals surface area contributed by atoms with E-state index < -0.39 is 16.1 Å². The first kappa shape index (κ1) is 28.2. The van der Waals surface area contributed by atoms with Gasteiger partial charge in [-0.15, -0.1) is 0 Å². The molecule has 1 amide bonds. The summed E-state index contributed by atoms with van der Waals surface area (Å²) < 4.78 is 30.8. The van der Waals surface area contributed by atoms with Crippen LogP contribution >= 0.6 is 0 Å². The Morgan fingerprint density at radius 2 is 1.92 bits per heavy atom. The normalized spacial score (nSPS) is 18.5. The molecule has 2 aromatic rings. The first-order valence-electron chi connectivity index (χ1n) is 13.4. The quantitative estimate of drug-likeness (QED) is 0.320. The summed E-state index contributed by atoms with van der Waals surface area (Å²) in [6.45, 7) is 2.17. The molecule has 0 bridgehead atoms. The number of phenols is 1. The monoisotopic (exact) mass is 545 g/mol. The summed E-state index contributed by atoms with van der Waals surface area (Å²) in [6.07, 6.45) is 7.81. The molecule has 208 valence electrons. The average Bonchev–Trinajstić information content (AvgIpc) is 2.90. The number of fused-ring (bicyclic) bond motifs is 1. The largest absolute Gasteiger partial charge is 0.506 e. The Hall–Kier alpha value is -2.82. The number of nitrogens with one attached hydrogen (secondary N) is 2. The number of rotatable bonds is 11. The smallest absolute Gasteiger partial charge is 0.229 e. The van der Waals surface area contributed by atoms with Crippen molar-refractivity contribution in [2.24, 2.45) is 0 Å². The topological polar surface area (TPSA) is 128 Å². The summed E-state index contributed by atoms with van der Waals surface area (Å²) in [4.78, 5) is 14.5. The van der Waals surface area contributed by atoms with E-state index in [4.69, 9.17) is 4.74 Å². The van der Waals surface area contributed by atoms with Crippen LogP contribution in [0, 0.1) is 0 Å². The lowest BCUT2D eigenvalue weighted by Crippen LogP contribution is -2.40. The molecule has 1 aliphatic carbocycles.